The fourth-order valence-corrected chi connectivity index (χ4v) is 3.30. The molecule has 0 radical (unpaired) electrons. The quantitative estimate of drug-likeness (QED) is 0.722. The lowest BCUT2D eigenvalue weighted by Crippen LogP contribution is -2.05. The fourth-order valence-electron chi connectivity index (χ4n) is 3.06. The van der Waals surface area contributed by atoms with E-state index in [1.54, 1.807) is 24.3 Å². The Hall–Kier alpha value is -2.66. The van der Waals surface area contributed by atoms with Gasteiger partial charge >= 0.3 is 5.97 Å². The molecule has 2 N–H and O–H groups in total. The molecule has 0 spiro atoms. The molecule has 0 saturated carbocycles. The van der Waals surface area contributed by atoms with Crippen LogP contribution in [0.25, 0.3) is 10.9 Å². The maximum absolute atomic E-state index is 11.3. The van der Waals surface area contributed by atoms with E-state index in [-0.39, 0.29) is 12.2 Å². The van der Waals surface area contributed by atoms with E-state index in [2.05, 4.69) is 0 Å². The number of carboxylic acids is 1. The Labute approximate surface area is 150 Å². The predicted molar refractivity (Wildman–Crippen MR) is 96.8 cm³/mol. The summed E-state index contributed by atoms with van der Waals surface area (Å²) in [5.41, 5.74) is 3.46. The lowest BCUT2D eigenvalue weighted by atomic mass is 10.1. The number of nitrogens with zero attached hydrogens (tertiary/aromatic N) is 1. The molecule has 25 heavy (non-hydrogen) atoms. The van der Waals surface area contributed by atoms with Gasteiger partial charge in [0.05, 0.1) is 24.1 Å². The second-order valence-corrected chi connectivity index (χ2v) is 6.30. The van der Waals surface area contributed by atoms with Crippen LogP contribution in [0, 0.1) is 6.92 Å². The first-order valence-electron chi connectivity index (χ1n) is 7.75. The van der Waals surface area contributed by atoms with Crippen LogP contribution >= 0.6 is 11.6 Å². The Balaban J connectivity index is 2.19. The minimum Gasteiger partial charge on any atom is -0.508 e. The molecule has 6 heteroatoms. The number of carboxylic acid groups (broad SMARTS) is 1. The number of rotatable bonds is 5. The number of ether oxygens (including phenoxy) is 1. The van der Waals surface area contributed by atoms with Crippen molar-refractivity contribution in [1.29, 1.82) is 0 Å². The van der Waals surface area contributed by atoms with E-state index >= 15 is 0 Å². The number of aromatic nitrogens is 1. The number of halogens is 1. The van der Waals surface area contributed by atoms with E-state index in [4.69, 9.17) is 16.3 Å². The van der Waals surface area contributed by atoms with Gasteiger partial charge in [0.1, 0.15) is 11.5 Å². The van der Waals surface area contributed by atoms with Crippen molar-refractivity contribution in [3.63, 3.8) is 0 Å². The second-order valence-electron chi connectivity index (χ2n) is 5.89. The van der Waals surface area contributed by atoms with Crippen LogP contribution in [0.1, 0.15) is 16.8 Å². The van der Waals surface area contributed by atoms with E-state index in [1.165, 1.54) is 7.11 Å². The van der Waals surface area contributed by atoms with Gasteiger partial charge < -0.3 is 19.5 Å². The summed E-state index contributed by atoms with van der Waals surface area (Å²) in [5, 5.41) is 20.0. The molecule has 0 fully saturated rings. The Morgan fingerprint density at radius 1 is 1.24 bits per heavy atom. The van der Waals surface area contributed by atoms with Crippen molar-refractivity contribution in [2.45, 2.75) is 19.9 Å². The summed E-state index contributed by atoms with van der Waals surface area (Å²) in [6.45, 7) is 2.45. The molecule has 0 aliphatic carbocycles. The van der Waals surface area contributed by atoms with Gasteiger partial charge in [-0.15, -0.1) is 0 Å². The number of aromatic hydroxyl groups is 1. The van der Waals surface area contributed by atoms with E-state index in [1.807, 2.05) is 23.6 Å². The minimum absolute atomic E-state index is 0.0737. The van der Waals surface area contributed by atoms with Crippen LogP contribution in [0.4, 0.5) is 0 Å². The van der Waals surface area contributed by atoms with E-state index in [9.17, 15) is 15.0 Å². The van der Waals surface area contributed by atoms with Crippen LogP contribution in [0.2, 0.25) is 5.02 Å². The zero-order chi connectivity index (χ0) is 18.1. The van der Waals surface area contributed by atoms with Gasteiger partial charge in [-0.1, -0.05) is 23.7 Å². The molecule has 2 aromatic carbocycles. The van der Waals surface area contributed by atoms with Gasteiger partial charge in [-0.3, -0.25) is 4.79 Å². The summed E-state index contributed by atoms with van der Waals surface area (Å²) in [6.07, 6.45) is -0.0737. The third-order valence-electron chi connectivity index (χ3n) is 4.33. The van der Waals surface area contributed by atoms with Gasteiger partial charge in [0.15, 0.2) is 0 Å². The first-order chi connectivity index (χ1) is 11.9. The zero-order valence-electron chi connectivity index (χ0n) is 13.9. The summed E-state index contributed by atoms with van der Waals surface area (Å²) in [4.78, 5) is 11.3. The molecule has 0 aliphatic rings. The molecule has 1 heterocycles. The van der Waals surface area contributed by atoms with Crippen molar-refractivity contribution in [1.82, 2.24) is 4.57 Å². The van der Waals surface area contributed by atoms with Crippen LogP contribution in [-0.2, 0) is 17.8 Å². The van der Waals surface area contributed by atoms with Crippen molar-refractivity contribution in [3.05, 3.63) is 58.2 Å². The molecule has 0 saturated heterocycles. The minimum atomic E-state index is -0.888. The van der Waals surface area contributed by atoms with Crippen LogP contribution in [0.5, 0.6) is 11.5 Å². The summed E-state index contributed by atoms with van der Waals surface area (Å²) in [5.74, 6) is -0.166. The first-order valence-corrected chi connectivity index (χ1v) is 8.13. The number of aliphatic carboxylic acids is 1. The molecule has 0 bridgehead atoms. The molecule has 0 aliphatic heterocycles. The van der Waals surface area contributed by atoms with Gasteiger partial charge in [0.2, 0.25) is 0 Å². The Morgan fingerprint density at radius 3 is 2.52 bits per heavy atom. The maximum Gasteiger partial charge on any atom is 0.307 e. The van der Waals surface area contributed by atoms with Crippen molar-refractivity contribution in [3.8, 4) is 11.5 Å². The molecule has 3 rings (SSSR count). The first kappa shape index (κ1) is 17.2. The maximum atomic E-state index is 11.3. The largest absolute Gasteiger partial charge is 0.508 e. The average Bonchev–Trinajstić information content (AvgIpc) is 2.80. The number of hydrogen-bond donors (Lipinski definition) is 2. The third-order valence-corrected chi connectivity index (χ3v) is 4.63. The topological polar surface area (TPSA) is 71.7 Å². The molecule has 0 atom stereocenters. The summed E-state index contributed by atoms with van der Waals surface area (Å²) < 4.78 is 7.31. The van der Waals surface area contributed by atoms with Crippen LogP contribution in [0.15, 0.2) is 36.4 Å². The molecule has 0 amide bonds. The van der Waals surface area contributed by atoms with E-state index in [0.717, 1.165) is 27.7 Å². The fraction of sp³-hybridized carbons (Fsp3) is 0.211. The Morgan fingerprint density at radius 2 is 1.92 bits per heavy atom. The van der Waals surface area contributed by atoms with Gasteiger partial charge in [-0.25, -0.2) is 0 Å². The third kappa shape index (κ3) is 3.28. The molecule has 5 nitrogen and oxygen atoms in total. The lowest BCUT2D eigenvalue weighted by molar-refractivity contribution is -0.136. The van der Waals surface area contributed by atoms with Crippen molar-refractivity contribution in [2.75, 3.05) is 7.11 Å². The number of benzene rings is 2. The van der Waals surface area contributed by atoms with Crippen LogP contribution < -0.4 is 4.74 Å². The Kier molecular flexibility index (Phi) is 4.59. The molecular weight excluding hydrogens is 342 g/mol. The Bertz CT molecular complexity index is 944. The standard InChI is InChI=1S/C19H18ClNO4/c1-11-14(8-19(23)24)15-7-18(25-2)16(20)9-17(15)21(11)10-12-3-5-13(22)6-4-12/h3-7,9,22H,8,10H2,1-2H3,(H,23,24). The number of phenols is 1. The van der Waals surface area contributed by atoms with Crippen molar-refractivity contribution in [2.24, 2.45) is 0 Å². The molecule has 3 aromatic rings. The molecular formula is C19H18ClNO4. The molecule has 130 valence electrons. The SMILES string of the molecule is COc1cc2c(CC(=O)O)c(C)n(Cc3ccc(O)cc3)c2cc1Cl. The van der Waals surface area contributed by atoms with Gasteiger partial charge in [-0.2, -0.15) is 0 Å². The average molecular weight is 360 g/mol. The van der Waals surface area contributed by atoms with Crippen LogP contribution in [0.3, 0.4) is 0 Å². The monoisotopic (exact) mass is 359 g/mol. The van der Waals surface area contributed by atoms with E-state index in [0.29, 0.717) is 17.3 Å². The number of hydrogen-bond acceptors (Lipinski definition) is 3. The number of methoxy groups -OCH3 is 1. The van der Waals surface area contributed by atoms with Gasteiger partial charge in [0, 0.05) is 17.6 Å². The highest BCUT2D eigenvalue weighted by Gasteiger charge is 2.19. The highest BCUT2D eigenvalue weighted by molar-refractivity contribution is 6.32. The van der Waals surface area contributed by atoms with Gasteiger partial charge in [-0.05, 0) is 42.3 Å². The summed E-state index contributed by atoms with van der Waals surface area (Å²) in [6, 6.07) is 10.5. The lowest BCUT2D eigenvalue weighted by Gasteiger charge is -2.10. The predicted octanol–water partition coefficient (Wildman–Crippen LogP) is 3.99. The smallest absolute Gasteiger partial charge is 0.307 e. The summed E-state index contributed by atoms with van der Waals surface area (Å²) >= 11 is 6.28. The highest BCUT2D eigenvalue weighted by atomic mass is 35.5. The van der Waals surface area contributed by atoms with Crippen molar-refractivity contribution < 1.29 is 19.7 Å². The number of carbonyl (C=O) groups is 1. The number of phenolic OH excluding ortho intramolecular Hbond substituents is 1. The van der Waals surface area contributed by atoms with Gasteiger partial charge in [0.25, 0.3) is 0 Å². The second kappa shape index (κ2) is 6.69. The zero-order valence-corrected chi connectivity index (χ0v) is 14.7. The molecule has 0 unspecified atom stereocenters. The number of fused-ring (bicyclic) bond motifs is 1. The normalized spacial score (nSPS) is 11.0. The highest BCUT2D eigenvalue weighted by Crippen LogP contribution is 2.35. The van der Waals surface area contributed by atoms with Crippen LogP contribution in [-0.4, -0.2) is 27.9 Å². The van der Waals surface area contributed by atoms with Crippen molar-refractivity contribution >= 4 is 28.5 Å². The van der Waals surface area contributed by atoms with E-state index < -0.39 is 5.97 Å². The summed E-state index contributed by atoms with van der Waals surface area (Å²) in [7, 11) is 1.53. The molecule has 1 aromatic heterocycles.